The third-order valence-corrected chi connectivity index (χ3v) is 13.3. The van der Waals surface area contributed by atoms with Crippen molar-refractivity contribution in [2.45, 2.75) is 85.2 Å². The zero-order valence-corrected chi connectivity index (χ0v) is 27.1. The Balaban J connectivity index is 1.39. The summed E-state index contributed by atoms with van der Waals surface area (Å²) in [6, 6.07) is 11.8. The Bertz CT molecular complexity index is 1640. The van der Waals surface area contributed by atoms with Crippen LogP contribution in [0.1, 0.15) is 72.3 Å². The van der Waals surface area contributed by atoms with E-state index in [2.05, 4.69) is 46.8 Å². The molecule has 0 radical (unpaired) electrons. The fourth-order valence-corrected chi connectivity index (χ4v) is 10.3. The Hall–Kier alpha value is -2.41. The molecule has 2 bridgehead atoms. The molecule has 1 saturated heterocycles. The van der Waals surface area contributed by atoms with Gasteiger partial charge >= 0.3 is 0 Å². The van der Waals surface area contributed by atoms with E-state index in [9.17, 15) is 4.79 Å². The van der Waals surface area contributed by atoms with Crippen molar-refractivity contribution in [3.05, 3.63) is 68.7 Å². The molecule has 2 heterocycles. The van der Waals surface area contributed by atoms with Crippen LogP contribution >= 0.6 is 23.2 Å². The van der Waals surface area contributed by atoms with Crippen molar-refractivity contribution >= 4 is 45.6 Å². The molecule has 1 aromatic heterocycles. The average molecular weight is 610 g/mol. The first kappa shape index (κ1) is 29.7. The molecule has 1 aliphatic heterocycles. The first-order chi connectivity index (χ1) is 19.7. The van der Waals surface area contributed by atoms with E-state index in [0.29, 0.717) is 34.2 Å². The Kier molecular flexibility index (Phi) is 6.92. The standard InChI is InChI=1S/C34H44Cl2N5O/c1-22-33(5,19-32(4)20-34(22,30(37)38)31(32,2)3)41(15-7-6-8-16-41)25-11-12-26-28(18-25)39-21-40(29(26)42)14-13-23-9-10-24(35)17-27(23)36/h9-12,17-18,21-22H,6-8,13-16,19-20H2,1-5H3,(H3,37,38)/q+1/t22-,32-,33+,34+/m1/s1. The Labute approximate surface area is 259 Å². The number of hydrogen-bond donors (Lipinski definition) is 2. The van der Waals surface area contributed by atoms with Gasteiger partial charge in [0.25, 0.3) is 5.56 Å². The van der Waals surface area contributed by atoms with Crippen LogP contribution in [0.4, 0.5) is 5.69 Å². The summed E-state index contributed by atoms with van der Waals surface area (Å²) in [7, 11) is 0. The lowest BCUT2D eigenvalue weighted by molar-refractivity contribution is -0.264. The van der Waals surface area contributed by atoms with E-state index in [1.165, 1.54) is 12.1 Å². The van der Waals surface area contributed by atoms with Crippen molar-refractivity contribution in [2.75, 3.05) is 13.1 Å². The first-order valence-corrected chi connectivity index (χ1v) is 16.1. The van der Waals surface area contributed by atoms with Crippen molar-refractivity contribution in [1.82, 2.24) is 14.0 Å². The average Bonchev–Trinajstić information content (AvgIpc) is 2.95. The molecule has 3 N–H and O–H groups in total. The van der Waals surface area contributed by atoms with Gasteiger partial charge in [-0.3, -0.25) is 19.3 Å². The second-order valence-electron chi connectivity index (χ2n) is 14.4. The molecular weight excluding hydrogens is 565 g/mol. The quantitative estimate of drug-likeness (QED) is 0.172. The summed E-state index contributed by atoms with van der Waals surface area (Å²) in [5.41, 5.74) is 9.05. The Morgan fingerprint density at radius 3 is 2.43 bits per heavy atom. The SMILES string of the molecule is C[C@@H]1[C@@](C)([N+]2(c3ccc4c(=O)n(CCc5ccc(Cl)cc5Cl)cnc4c3)CCCCC2)C[C@]2(C)C[C@]1(C(=N)N)C2(C)C. The normalized spacial score (nSPS) is 31.5. The molecule has 3 saturated carbocycles. The van der Waals surface area contributed by atoms with E-state index >= 15 is 0 Å². The van der Waals surface area contributed by atoms with E-state index in [1.54, 1.807) is 17.0 Å². The molecule has 0 unspecified atom stereocenters. The number of rotatable bonds is 6. The van der Waals surface area contributed by atoms with Crippen LogP contribution in [0.2, 0.25) is 10.0 Å². The van der Waals surface area contributed by atoms with Crippen LogP contribution in [0.3, 0.4) is 0 Å². The number of aryl methyl sites for hydroxylation is 2. The maximum absolute atomic E-state index is 13.6. The molecule has 0 amide bonds. The number of nitrogens with two attached hydrogens (primary N) is 1. The minimum absolute atomic E-state index is 0.0310. The van der Waals surface area contributed by atoms with Crippen molar-refractivity contribution in [1.29, 1.82) is 5.41 Å². The van der Waals surface area contributed by atoms with Crippen LogP contribution in [0.25, 0.3) is 10.9 Å². The number of nitrogens with one attached hydrogen (secondary N) is 1. The summed E-state index contributed by atoms with van der Waals surface area (Å²) in [4.78, 5) is 18.4. The molecule has 0 spiro atoms. The number of amidine groups is 1. The molecular formula is C34H44Cl2N5O+. The van der Waals surface area contributed by atoms with Crippen LogP contribution in [0.15, 0.2) is 47.5 Å². The lowest BCUT2D eigenvalue weighted by Crippen LogP contribution is -2.83. The number of hydrogen-bond acceptors (Lipinski definition) is 3. The van der Waals surface area contributed by atoms with Crippen molar-refractivity contribution < 1.29 is 0 Å². The summed E-state index contributed by atoms with van der Waals surface area (Å²) in [6.07, 6.45) is 7.92. The molecule has 224 valence electrons. The highest BCUT2D eigenvalue weighted by Crippen LogP contribution is 2.79. The van der Waals surface area contributed by atoms with Crippen LogP contribution in [0, 0.1) is 27.6 Å². The topological polar surface area (TPSA) is 84.8 Å². The molecule has 7 rings (SSSR count). The molecule has 4 aliphatic rings. The fourth-order valence-electron chi connectivity index (χ4n) is 9.78. The second-order valence-corrected chi connectivity index (χ2v) is 15.3. The summed E-state index contributed by atoms with van der Waals surface area (Å²) in [5.74, 6) is 0.577. The number of nitrogens with zero attached hydrogens (tertiary/aromatic N) is 3. The van der Waals surface area contributed by atoms with Gasteiger partial charge in [0, 0.05) is 46.5 Å². The smallest absolute Gasteiger partial charge is 0.261 e. The van der Waals surface area contributed by atoms with Crippen LogP contribution < -0.4 is 15.8 Å². The number of quaternary nitrogens is 1. The van der Waals surface area contributed by atoms with Gasteiger partial charge in [-0.25, -0.2) is 4.98 Å². The van der Waals surface area contributed by atoms with Gasteiger partial charge in [0.2, 0.25) is 0 Å². The molecule has 8 heteroatoms. The summed E-state index contributed by atoms with van der Waals surface area (Å²) >= 11 is 12.4. The number of fused-ring (bicyclic) bond motifs is 3. The zero-order valence-electron chi connectivity index (χ0n) is 25.6. The second kappa shape index (κ2) is 9.80. The molecule has 4 fully saturated rings. The van der Waals surface area contributed by atoms with Crippen molar-refractivity contribution in [3.8, 4) is 0 Å². The van der Waals surface area contributed by atoms with Gasteiger partial charge < -0.3 is 5.73 Å². The van der Waals surface area contributed by atoms with E-state index in [-0.39, 0.29) is 33.3 Å². The van der Waals surface area contributed by atoms with Gasteiger partial charge in [-0.1, -0.05) is 57.0 Å². The largest absolute Gasteiger partial charge is 0.387 e. The molecule has 6 nitrogen and oxygen atoms in total. The van der Waals surface area contributed by atoms with E-state index < -0.39 is 0 Å². The van der Waals surface area contributed by atoms with E-state index in [1.807, 2.05) is 18.2 Å². The lowest BCUT2D eigenvalue weighted by atomic mass is 9.27. The minimum atomic E-state index is -0.312. The molecule has 3 aromatic rings. The summed E-state index contributed by atoms with van der Waals surface area (Å²) in [5, 5.41) is 10.7. The summed E-state index contributed by atoms with van der Waals surface area (Å²) < 4.78 is 2.54. The number of halogens is 2. The highest BCUT2D eigenvalue weighted by molar-refractivity contribution is 6.35. The highest BCUT2D eigenvalue weighted by atomic mass is 35.5. The lowest BCUT2D eigenvalue weighted by Gasteiger charge is -2.79. The van der Waals surface area contributed by atoms with Crippen LogP contribution in [-0.2, 0) is 13.0 Å². The maximum atomic E-state index is 13.6. The van der Waals surface area contributed by atoms with Crippen LogP contribution in [-0.4, -0.2) is 34.0 Å². The number of likely N-dealkylation sites (tertiary alicyclic amines) is 1. The monoisotopic (exact) mass is 608 g/mol. The van der Waals surface area contributed by atoms with Gasteiger partial charge in [0.1, 0.15) is 11.2 Å². The fraction of sp³-hybridized carbons (Fsp3) is 0.559. The van der Waals surface area contributed by atoms with Gasteiger partial charge in [0.15, 0.2) is 0 Å². The first-order valence-electron chi connectivity index (χ1n) is 15.4. The predicted octanol–water partition coefficient (Wildman–Crippen LogP) is 7.59. The maximum Gasteiger partial charge on any atom is 0.261 e. The van der Waals surface area contributed by atoms with Crippen molar-refractivity contribution in [3.63, 3.8) is 0 Å². The van der Waals surface area contributed by atoms with E-state index in [0.717, 1.165) is 54.3 Å². The Morgan fingerprint density at radius 2 is 1.79 bits per heavy atom. The number of benzene rings is 2. The van der Waals surface area contributed by atoms with Gasteiger partial charge in [0.05, 0.1) is 36.2 Å². The van der Waals surface area contributed by atoms with Gasteiger partial charge in [-0.2, -0.15) is 0 Å². The minimum Gasteiger partial charge on any atom is -0.387 e. The predicted molar refractivity (Wildman–Crippen MR) is 175 cm³/mol. The molecule has 4 atom stereocenters. The van der Waals surface area contributed by atoms with Gasteiger partial charge in [-0.15, -0.1) is 0 Å². The van der Waals surface area contributed by atoms with E-state index in [4.69, 9.17) is 39.3 Å². The Morgan fingerprint density at radius 1 is 1.07 bits per heavy atom. The van der Waals surface area contributed by atoms with Crippen molar-refractivity contribution in [2.24, 2.45) is 27.9 Å². The van der Waals surface area contributed by atoms with Gasteiger partial charge in [-0.05, 0) is 73.6 Å². The molecule has 3 aliphatic carbocycles. The molecule has 42 heavy (non-hydrogen) atoms. The zero-order chi connectivity index (χ0) is 30.3. The number of aromatic nitrogens is 2. The van der Waals surface area contributed by atoms with Crippen LogP contribution in [0.5, 0.6) is 0 Å². The summed E-state index contributed by atoms with van der Waals surface area (Å²) in [6.45, 7) is 14.5. The molecule has 2 aromatic carbocycles. The third-order valence-electron chi connectivity index (χ3n) is 12.7. The highest BCUT2D eigenvalue weighted by Gasteiger charge is 2.80. The number of piperidine rings is 1. The third kappa shape index (κ3) is 3.83.